The van der Waals surface area contributed by atoms with Crippen LogP contribution >= 0.6 is 0 Å². The first-order valence-electron chi connectivity index (χ1n) is 12.2. The van der Waals surface area contributed by atoms with Crippen LogP contribution in [0.15, 0.2) is 42.5 Å². The molecule has 3 fully saturated rings. The van der Waals surface area contributed by atoms with Gasteiger partial charge in [0.25, 0.3) is 0 Å². The van der Waals surface area contributed by atoms with Crippen LogP contribution in [-0.2, 0) is 15.9 Å². The average molecular weight is 451 g/mol. The molecule has 0 aromatic heterocycles. The first kappa shape index (κ1) is 22.2. The van der Waals surface area contributed by atoms with Gasteiger partial charge >= 0.3 is 6.09 Å². The largest absolute Gasteiger partial charge is 0.491 e. The van der Waals surface area contributed by atoms with Gasteiger partial charge in [0.05, 0.1) is 12.6 Å². The molecule has 4 aliphatic rings. The highest BCUT2D eigenvalue weighted by Crippen LogP contribution is 2.36. The SMILES string of the molecule is COCCOc1ccccc1-c1ccc2c(c1)CCCC2NC(=O)O[C@@H]1CN2CCC1CC2. The molecule has 3 aliphatic heterocycles. The number of fused-ring (bicyclic) bond motifs is 4. The molecule has 2 atom stereocenters. The van der Waals surface area contributed by atoms with E-state index in [9.17, 15) is 4.79 Å². The molecule has 1 amide bonds. The molecular formula is C27H34N2O4. The number of carbonyl (C=O) groups excluding carboxylic acids is 1. The molecule has 6 heteroatoms. The van der Waals surface area contributed by atoms with E-state index in [-0.39, 0.29) is 18.2 Å². The fourth-order valence-electron chi connectivity index (χ4n) is 5.56. The van der Waals surface area contributed by atoms with Crippen molar-refractivity contribution in [1.29, 1.82) is 0 Å². The summed E-state index contributed by atoms with van der Waals surface area (Å²) < 4.78 is 16.9. The quantitative estimate of drug-likeness (QED) is 0.626. The predicted molar refractivity (Wildman–Crippen MR) is 127 cm³/mol. The van der Waals surface area contributed by atoms with E-state index >= 15 is 0 Å². The molecule has 33 heavy (non-hydrogen) atoms. The Kier molecular flexibility index (Phi) is 6.83. The van der Waals surface area contributed by atoms with Gasteiger partial charge < -0.3 is 19.5 Å². The second-order valence-corrected chi connectivity index (χ2v) is 9.42. The summed E-state index contributed by atoms with van der Waals surface area (Å²) in [7, 11) is 1.68. The number of alkyl carbamates (subject to hydrolysis) is 1. The Morgan fingerprint density at radius 3 is 2.73 bits per heavy atom. The van der Waals surface area contributed by atoms with E-state index in [2.05, 4.69) is 34.5 Å². The Morgan fingerprint density at radius 2 is 1.94 bits per heavy atom. The minimum Gasteiger partial charge on any atom is -0.491 e. The lowest BCUT2D eigenvalue weighted by Crippen LogP contribution is -2.52. The topological polar surface area (TPSA) is 60.0 Å². The average Bonchev–Trinajstić information content (AvgIpc) is 2.85. The molecule has 2 aromatic rings. The van der Waals surface area contributed by atoms with Gasteiger partial charge in [0, 0.05) is 19.2 Å². The minimum absolute atomic E-state index is 0.00424. The molecular weight excluding hydrogens is 416 g/mol. The van der Waals surface area contributed by atoms with Crippen LogP contribution < -0.4 is 10.1 Å². The van der Waals surface area contributed by atoms with Crippen LogP contribution in [0.3, 0.4) is 0 Å². The van der Waals surface area contributed by atoms with Crippen molar-refractivity contribution in [2.24, 2.45) is 5.92 Å². The monoisotopic (exact) mass is 450 g/mol. The number of methoxy groups -OCH3 is 1. The number of carbonyl (C=O) groups is 1. The molecule has 2 bridgehead atoms. The molecule has 176 valence electrons. The van der Waals surface area contributed by atoms with Crippen molar-refractivity contribution in [1.82, 2.24) is 10.2 Å². The van der Waals surface area contributed by atoms with Crippen LogP contribution in [0.1, 0.15) is 42.9 Å². The van der Waals surface area contributed by atoms with Gasteiger partial charge in [-0.1, -0.05) is 36.4 Å². The van der Waals surface area contributed by atoms with Crippen LogP contribution in [-0.4, -0.2) is 57.1 Å². The standard InChI is InChI=1S/C27H34N2O4/c1-31-15-16-32-25-8-3-2-6-23(25)21-9-10-22-20(17-21)5-4-7-24(22)28-27(30)33-26-18-29-13-11-19(26)12-14-29/h2-3,6,8-10,17,19,24,26H,4-5,7,11-16,18H2,1H3,(H,28,30)/t24?,26-/m1/s1. The Morgan fingerprint density at radius 1 is 1.09 bits per heavy atom. The summed E-state index contributed by atoms with van der Waals surface area (Å²) in [6.45, 7) is 4.25. The van der Waals surface area contributed by atoms with E-state index in [1.165, 1.54) is 11.1 Å². The Bertz CT molecular complexity index is 970. The molecule has 6 nitrogen and oxygen atoms in total. The third kappa shape index (κ3) is 5.02. The van der Waals surface area contributed by atoms with E-state index < -0.39 is 0 Å². The Balaban J connectivity index is 1.28. The van der Waals surface area contributed by atoms with Gasteiger partial charge in [0.15, 0.2) is 0 Å². The smallest absolute Gasteiger partial charge is 0.407 e. The van der Waals surface area contributed by atoms with E-state index in [1.54, 1.807) is 7.11 Å². The third-order valence-electron chi connectivity index (χ3n) is 7.35. The number of hydrogen-bond acceptors (Lipinski definition) is 5. The first-order valence-corrected chi connectivity index (χ1v) is 12.2. The Hall–Kier alpha value is -2.57. The molecule has 1 aliphatic carbocycles. The molecule has 3 saturated heterocycles. The van der Waals surface area contributed by atoms with Crippen molar-refractivity contribution in [2.45, 2.75) is 44.2 Å². The van der Waals surface area contributed by atoms with Gasteiger partial charge in [-0.3, -0.25) is 4.90 Å². The summed E-state index contributed by atoms with van der Waals surface area (Å²) in [6, 6.07) is 14.7. The zero-order valence-corrected chi connectivity index (χ0v) is 19.4. The van der Waals surface area contributed by atoms with Gasteiger partial charge in [-0.05, 0) is 73.9 Å². The molecule has 1 unspecified atom stereocenters. The zero-order chi connectivity index (χ0) is 22.6. The molecule has 1 N–H and O–H groups in total. The van der Waals surface area contributed by atoms with Crippen molar-refractivity contribution >= 4 is 6.09 Å². The summed E-state index contributed by atoms with van der Waals surface area (Å²) in [5.41, 5.74) is 4.71. The van der Waals surface area contributed by atoms with Crippen molar-refractivity contribution in [3.05, 3.63) is 53.6 Å². The number of rotatable bonds is 7. The minimum atomic E-state index is -0.271. The van der Waals surface area contributed by atoms with Crippen LogP contribution in [0.4, 0.5) is 4.79 Å². The van der Waals surface area contributed by atoms with E-state index in [1.807, 2.05) is 18.2 Å². The number of hydrogen-bond donors (Lipinski definition) is 1. The lowest BCUT2D eigenvalue weighted by atomic mass is 9.85. The summed E-state index contributed by atoms with van der Waals surface area (Å²) in [5.74, 6) is 1.38. The summed E-state index contributed by atoms with van der Waals surface area (Å²) >= 11 is 0. The van der Waals surface area contributed by atoms with E-state index in [4.69, 9.17) is 14.2 Å². The van der Waals surface area contributed by atoms with Gasteiger partial charge in [-0.25, -0.2) is 4.79 Å². The number of amides is 1. The summed E-state index contributed by atoms with van der Waals surface area (Å²) in [6.07, 6.45) is 5.06. The maximum Gasteiger partial charge on any atom is 0.407 e. The number of nitrogens with one attached hydrogen (secondary N) is 1. The van der Waals surface area contributed by atoms with Crippen LogP contribution in [0.2, 0.25) is 0 Å². The van der Waals surface area contributed by atoms with Crippen LogP contribution in [0, 0.1) is 5.92 Å². The van der Waals surface area contributed by atoms with E-state index in [0.29, 0.717) is 19.1 Å². The predicted octanol–water partition coefficient (Wildman–Crippen LogP) is 4.58. The molecule has 0 radical (unpaired) electrons. The number of para-hydroxylation sites is 1. The Labute approximate surface area is 196 Å². The molecule has 3 heterocycles. The fraction of sp³-hybridized carbons (Fsp3) is 0.519. The third-order valence-corrected chi connectivity index (χ3v) is 7.35. The molecule has 6 rings (SSSR count). The normalized spacial score (nSPS) is 25.8. The lowest BCUT2D eigenvalue weighted by molar-refractivity contribution is -0.0340. The lowest BCUT2D eigenvalue weighted by Gasteiger charge is -2.44. The maximum absolute atomic E-state index is 12.7. The fourth-order valence-corrected chi connectivity index (χ4v) is 5.56. The maximum atomic E-state index is 12.7. The van der Waals surface area contributed by atoms with Gasteiger partial charge in [0.2, 0.25) is 0 Å². The number of nitrogens with zero attached hydrogens (tertiary/aromatic N) is 1. The summed E-state index contributed by atoms with van der Waals surface area (Å²) in [5, 5.41) is 3.17. The van der Waals surface area contributed by atoms with Crippen molar-refractivity contribution in [3.8, 4) is 16.9 Å². The van der Waals surface area contributed by atoms with Crippen molar-refractivity contribution in [2.75, 3.05) is 40.0 Å². The number of benzene rings is 2. The molecule has 0 spiro atoms. The number of ether oxygens (including phenoxy) is 3. The van der Waals surface area contributed by atoms with Crippen LogP contribution in [0.5, 0.6) is 5.75 Å². The highest BCUT2D eigenvalue weighted by atomic mass is 16.6. The van der Waals surface area contributed by atoms with Gasteiger partial charge in [-0.2, -0.15) is 0 Å². The second kappa shape index (κ2) is 10.1. The highest BCUT2D eigenvalue weighted by molar-refractivity contribution is 5.72. The number of piperidine rings is 3. The first-order chi connectivity index (χ1) is 16.2. The van der Waals surface area contributed by atoms with Crippen molar-refractivity contribution < 1.29 is 19.0 Å². The molecule has 2 aromatic carbocycles. The summed E-state index contributed by atoms with van der Waals surface area (Å²) in [4.78, 5) is 15.2. The zero-order valence-electron chi connectivity index (χ0n) is 19.4. The second-order valence-electron chi connectivity index (χ2n) is 9.42. The number of aryl methyl sites for hydroxylation is 1. The van der Waals surface area contributed by atoms with Crippen LogP contribution in [0.25, 0.3) is 11.1 Å². The van der Waals surface area contributed by atoms with Gasteiger partial charge in [0.1, 0.15) is 18.5 Å². The molecule has 0 saturated carbocycles. The van der Waals surface area contributed by atoms with Gasteiger partial charge in [-0.15, -0.1) is 0 Å². The van der Waals surface area contributed by atoms with Crippen molar-refractivity contribution in [3.63, 3.8) is 0 Å². The van der Waals surface area contributed by atoms with E-state index in [0.717, 1.165) is 68.6 Å². The highest BCUT2D eigenvalue weighted by Gasteiger charge is 2.37.